The Balaban J connectivity index is 0.00000239. The number of aldehydes is 1. The van der Waals surface area contributed by atoms with E-state index in [4.69, 9.17) is 9.47 Å². The zero-order chi connectivity index (χ0) is 35.5. The van der Waals surface area contributed by atoms with Crippen LogP contribution in [0.15, 0.2) is 79.4 Å². The van der Waals surface area contributed by atoms with E-state index in [1.54, 1.807) is 24.7 Å². The van der Waals surface area contributed by atoms with Gasteiger partial charge < -0.3 is 24.7 Å². The molecular formula is C37H39N7O6. The average molecular weight is 678 g/mol. The molecule has 13 heteroatoms. The van der Waals surface area contributed by atoms with Crippen LogP contribution in [0.2, 0.25) is 0 Å². The van der Waals surface area contributed by atoms with Gasteiger partial charge in [0.2, 0.25) is 11.8 Å². The second kappa shape index (κ2) is 16.9. The van der Waals surface area contributed by atoms with Crippen molar-refractivity contribution in [3.8, 4) is 28.3 Å². The van der Waals surface area contributed by atoms with Crippen molar-refractivity contribution in [1.82, 2.24) is 30.2 Å². The van der Waals surface area contributed by atoms with Crippen LogP contribution in [0.5, 0.6) is 5.75 Å². The minimum Gasteiger partial charge on any atom is -0.491 e. The summed E-state index contributed by atoms with van der Waals surface area (Å²) in [5, 5.41) is 6.55. The first-order valence-electron chi connectivity index (χ1n) is 16.4. The Morgan fingerprint density at radius 1 is 0.980 bits per heavy atom. The number of rotatable bonds is 13. The molecule has 1 aromatic carbocycles. The van der Waals surface area contributed by atoms with Gasteiger partial charge in [-0.2, -0.15) is 0 Å². The number of anilines is 1. The van der Waals surface area contributed by atoms with E-state index < -0.39 is 17.9 Å². The standard InChI is InChI=1S/C35H33N7O6.C2H6/c1-42(31-7-9-33(44)41-34(31)45)35(46)27-5-4-26(16-25(27)21-43)48-15-14-47-13-12-37-32-8-3-24(19-39-32)23-2-6-28(38-18-23)29-17-22-10-11-36-20-30(22)40-29;1-2/h2-6,8,10-11,16-21,31,40H,7,9,12-15H2,1H3,(H,37,39)(H,41,44,45);1-2H3. The van der Waals surface area contributed by atoms with E-state index in [2.05, 4.69) is 36.6 Å². The number of ether oxygens (including phenoxy) is 2. The van der Waals surface area contributed by atoms with Crippen molar-refractivity contribution in [1.29, 1.82) is 0 Å². The molecule has 3 amide bonds. The zero-order valence-corrected chi connectivity index (χ0v) is 28.1. The van der Waals surface area contributed by atoms with Gasteiger partial charge in [-0.15, -0.1) is 0 Å². The fourth-order valence-electron chi connectivity index (χ4n) is 5.38. The van der Waals surface area contributed by atoms with E-state index >= 15 is 0 Å². The van der Waals surface area contributed by atoms with Crippen molar-refractivity contribution in [2.24, 2.45) is 0 Å². The van der Waals surface area contributed by atoms with E-state index in [0.717, 1.165) is 33.4 Å². The first kappa shape index (κ1) is 35.4. The number of carbonyl (C=O) groups excluding carboxylic acids is 4. The maximum Gasteiger partial charge on any atom is 0.255 e. The molecule has 0 saturated carbocycles. The Kier molecular flexibility index (Phi) is 12.0. The minimum atomic E-state index is -0.788. The molecule has 1 aliphatic rings. The number of carbonyl (C=O) groups is 4. The van der Waals surface area contributed by atoms with Gasteiger partial charge in [-0.25, -0.2) is 4.98 Å². The highest BCUT2D eigenvalue weighted by Crippen LogP contribution is 2.25. The summed E-state index contributed by atoms with van der Waals surface area (Å²) in [6, 6.07) is 15.6. The highest BCUT2D eigenvalue weighted by atomic mass is 16.5. The van der Waals surface area contributed by atoms with Crippen LogP contribution in [0, 0.1) is 0 Å². The number of aromatic nitrogens is 4. The molecule has 258 valence electrons. The monoisotopic (exact) mass is 677 g/mol. The van der Waals surface area contributed by atoms with Gasteiger partial charge in [0.15, 0.2) is 6.29 Å². The van der Waals surface area contributed by atoms with Crippen LogP contribution in [-0.2, 0) is 14.3 Å². The molecule has 6 rings (SSSR count). The number of hydrogen-bond acceptors (Lipinski definition) is 10. The number of amides is 3. The number of nitrogens with zero attached hydrogens (tertiary/aromatic N) is 4. The third-order valence-electron chi connectivity index (χ3n) is 7.99. The maximum absolute atomic E-state index is 13.0. The van der Waals surface area contributed by atoms with Gasteiger partial charge in [-0.1, -0.05) is 19.9 Å². The maximum atomic E-state index is 13.0. The minimum absolute atomic E-state index is 0.136. The first-order chi connectivity index (χ1) is 24.4. The number of piperidine rings is 1. The Bertz CT molecular complexity index is 1910. The third kappa shape index (κ3) is 8.55. The third-order valence-corrected chi connectivity index (χ3v) is 7.99. The second-order valence-corrected chi connectivity index (χ2v) is 11.1. The molecule has 0 radical (unpaired) electrons. The van der Waals surface area contributed by atoms with Crippen molar-refractivity contribution in [2.45, 2.75) is 32.7 Å². The molecule has 1 aliphatic heterocycles. The number of nitrogens with one attached hydrogen (secondary N) is 3. The largest absolute Gasteiger partial charge is 0.491 e. The van der Waals surface area contributed by atoms with Gasteiger partial charge in [0, 0.05) is 60.7 Å². The molecule has 0 aliphatic carbocycles. The van der Waals surface area contributed by atoms with Crippen LogP contribution in [-0.4, -0.2) is 88.3 Å². The molecule has 13 nitrogen and oxygen atoms in total. The topological polar surface area (TPSA) is 168 Å². The van der Waals surface area contributed by atoms with Crippen LogP contribution >= 0.6 is 0 Å². The SMILES string of the molecule is CC.CN(C(=O)c1ccc(OCCOCCNc2ccc(-c3ccc(-c4cc5ccncc5[nH]4)nc3)cn2)cc1C=O)C1CCC(=O)NC1=O. The summed E-state index contributed by atoms with van der Waals surface area (Å²) < 4.78 is 11.4. The van der Waals surface area contributed by atoms with Crippen LogP contribution in [0.3, 0.4) is 0 Å². The van der Waals surface area contributed by atoms with Gasteiger partial charge >= 0.3 is 0 Å². The molecule has 1 saturated heterocycles. The quantitative estimate of drug-likeness (QED) is 0.0885. The fourth-order valence-corrected chi connectivity index (χ4v) is 5.38. The number of aromatic amines is 1. The molecule has 4 aromatic heterocycles. The van der Waals surface area contributed by atoms with Gasteiger partial charge in [0.1, 0.15) is 24.2 Å². The first-order valence-corrected chi connectivity index (χ1v) is 16.4. The molecule has 50 heavy (non-hydrogen) atoms. The molecule has 1 fully saturated rings. The Labute approximate surface area is 289 Å². The van der Waals surface area contributed by atoms with Crippen LogP contribution < -0.4 is 15.4 Å². The van der Waals surface area contributed by atoms with Crippen LogP contribution in [0.25, 0.3) is 33.4 Å². The Morgan fingerprint density at radius 2 is 1.78 bits per heavy atom. The van der Waals surface area contributed by atoms with E-state index in [0.29, 0.717) is 37.6 Å². The molecule has 5 aromatic rings. The highest BCUT2D eigenvalue weighted by molar-refractivity contribution is 6.06. The number of pyridine rings is 3. The molecule has 0 bridgehead atoms. The number of fused-ring (bicyclic) bond motifs is 1. The number of benzene rings is 1. The zero-order valence-electron chi connectivity index (χ0n) is 28.1. The molecular weight excluding hydrogens is 638 g/mol. The van der Waals surface area contributed by atoms with Gasteiger partial charge in [-0.05, 0) is 55.0 Å². The summed E-state index contributed by atoms with van der Waals surface area (Å²) in [6.45, 7) is 5.50. The number of likely N-dealkylation sites (N-methyl/N-ethyl adjacent to an activating group) is 1. The van der Waals surface area contributed by atoms with E-state index in [9.17, 15) is 19.2 Å². The lowest BCUT2D eigenvalue weighted by Gasteiger charge is -2.30. The van der Waals surface area contributed by atoms with Crippen molar-refractivity contribution in [3.05, 3.63) is 90.5 Å². The predicted octanol–water partition coefficient (Wildman–Crippen LogP) is 4.91. The smallest absolute Gasteiger partial charge is 0.255 e. The van der Waals surface area contributed by atoms with Gasteiger partial charge in [-0.3, -0.25) is 34.5 Å². The summed E-state index contributed by atoms with van der Waals surface area (Å²) in [5.41, 5.74) is 4.93. The molecule has 0 spiro atoms. The molecule has 3 N–H and O–H groups in total. The van der Waals surface area contributed by atoms with Crippen LogP contribution in [0.4, 0.5) is 5.82 Å². The van der Waals surface area contributed by atoms with Crippen LogP contribution in [0.1, 0.15) is 47.4 Å². The summed E-state index contributed by atoms with van der Waals surface area (Å²) in [4.78, 5) is 66.2. The Morgan fingerprint density at radius 3 is 2.48 bits per heavy atom. The summed E-state index contributed by atoms with van der Waals surface area (Å²) >= 11 is 0. The molecule has 1 atom stereocenters. The lowest BCUT2D eigenvalue weighted by Crippen LogP contribution is -2.53. The second-order valence-electron chi connectivity index (χ2n) is 11.1. The van der Waals surface area contributed by atoms with Crippen molar-refractivity contribution in [3.63, 3.8) is 0 Å². The molecule has 1 unspecified atom stereocenters. The molecule has 5 heterocycles. The summed E-state index contributed by atoms with van der Waals surface area (Å²) in [5.74, 6) is -0.273. The fraction of sp³-hybridized carbons (Fsp3) is 0.270. The Hall–Kier alpha value is -5.95. The average Bonchev–Trinajstić information content (AvgIpc) is 3.60. The lowest BCUT2D eigenvalue weighted by molar-refractivity contribution is -0.136. The van der Waals surface area contributed by atoms with E-state index in [-0.39, 0.29) is 36.5 Å². The van der Waals surface area contributed by atoms with Crippen molar-refractivity contribution >= 4 is 40.7 Å². The summed E-state index contributed by atoms with van der Waals surface area (Å²) in [7, 11) is 1.47. The predicted molar refractivity (Wildman–Crippen MR) is 189 cm³/mol. The highest BCUT2D eigenvalue weighted by Gasteiger charge is 2.33. The number of hydrogen-bond donors (Lipinski definition) is 3. The number of H-pyrrole nitrogens is 1. The van der Waals surface area contributed by atoms with E-state index in [1.807, 2.05) is 50.4 Å². The lowest BCUT2D eigenvalue weighted by atomic mass is 10.0. The van der Waals surface area contributed by atoms with Gasteiger partial charge in [0.05, 0.1) is 41.9 Å². The number of imide groups is 1. The van der Waals surface area contributed by atoms with Gasteiger partial charge in [0.25, 0.3) is 5.91 Å². The van der Waals surface area contributed by atoms with E-state index in [1.165, 1.54) is 24.1 Å². The van der Waals surface area contributed by atoms with Crippen molar-refractivity contribution < 1.29 is 28.7 Å². The normalized spacial score (nSPS) is 13.9. The summed E-state index contributed by atoms with van der Waals surface area (Å²) in [6.07, 6.45) is 8.12. The van der Waals surface area contributed by atoms with Crippen molar-refractivity contribution in [2.75, 3.05) is 38.7 Å².